The zero-order chi connectivity index (χ0) is 25.3. The van der Waals surface area contributed by atoms with Crippen LogP contribution in [-0.2, 0) is 23.1 Å². The van der Waals surface area contributed by atoms with Gasteiger partial charge in [0.15, 0.2) is 23.0 Å². The van der Waals surface area contributed by atoms with E-state index in [-0.39, 0.29) is 6.79 Å². The topological polar surface area (TPSA) is 74.2 Å². The molecule has 0 amide bonds. The van der Waals surface area contributed by atoms with Crippen molar-refractivity contribution in [2.24, 2.45) is 0 Å². The second-order valence-corrected chi connectivity index (χ2v) is 9.42. The first kappa shape index (κ1) is 24.0. The van der Waals surface area contributed by atoms with Crippen molar-refractivity contribution in [3.63, 3.8) is 0 Å². The number of rotatable bonds is 9. The maximum atomic E-state index is 13.5. The zero-order valence-electron chi connectivity index (χ0n) is 21.0. The number of carboxylic acid groups (broad SMARTS) is 1. The molecule has 6 nitrogen and oxygen atoms in total. The molecule has 0 spiro atoms. The number of carbonyl (C=O) groups is 1. The normalized spacial score (nSPS) is 19.7. The van der Waals surface area contributed by atoms with E-state index in [1.807, 2.05) is 48.5 Å². The van der Waals surface area contributed by atoms with Gasteiger partial charge in [-0.15, -0.1) is 0 Å². The molecule has 2 unspecified atom stereocenters. The summed E-state index contributed by atoms with van der Waals surface area (Å²) >= 11 is 0. The van der Waals surface area contributed by atoms with Crippen LogP contribution in [0.5, 0.6) is 23.0 Å². The lowest BCUT2D eigenvalue weighted by molar-refractivity contribution is -0.144. The Bertz CT molecular complexity index is 1280. The number of carboxylic acids is 1. The zero-order valence-corrected chi connectivity index (χ0v) is 21.0. The van der Waals surface area contributed by atoms with Gasteiger partial charge in [0.05, 0.1) is 13.7 Å². The van der Waals surface area contributed by atoms with Gasteiger partial charge in [0.1, 0.15) is 5.41 Å². The second-order valence-electron chi connectivity index (χ2n) is 9.42. The van der Waals surface area contributed by atoms with Gasteiger partial charge in [-0.05, 0) is 59.7 Å². The van der Waals surface area contributed by atoms with E-state index in [1.165, 1.54) is 0 Å². The van der Waals surface area contributed by atoms with Crippen LogP contribution in [0.1, 0.15) is 60.4 Å². The summed E-state index contributed by atoms with van der Waals surface area (Å²) < 4.78 is 23.1. The minimum Gasteiger partial charge on any atom is -0.493 e. The molecule has 0 bridgehead atoms. The Kier molecular flexibility index (Phi) is 6.52. The van der Waals surface area contributed by atoms with Gasteiger partial charge >= 0.3 is 5.97 Å². The Hall–Kier alpha value is -3.67. The molecule has 5 rings (SSSR count). The van der Waals surface area contributed by atoms with Crippen LogP contribution in [0.4, 0.5) is 0 Å². The van der Waals surface area contributed by atoms with Crippen LogP contribution in [0, 0.1) is 0 Å². The summed E-state index contributed by atoms with van der Waals surface area (Å²) in [6, 6.07) is 17.6. The number of methoxy groups -OCH3 is 1. The van der Waals surface area contributed by atoms with Crippen molar-refractivity contribution in [1.82, 2.24) is 0 Å². The van der Waals surface area contributed by atoms with E-state index in [4.69, 9.17) is 18.9 Å². The summed E-state index contributed by atoms with van der Waals surface area (Å²) in [7, 11) is 1.62. The number of hydrogen-bond donors (Lipinski definition) is 1. The first-order chi connectivity index (χ1) is 17.5. The van der Waals surface area contributed by atoms with Gasteiger partial charge in [-0.2, -0.15) is 0 Å². The van der Waals surface area contributed by atoms with Gasteiger partial charge in [-0.1, -0.05) is 56.7 Å². The Morgan fingerprint density at radius 3 is 2.61 bits per heavy atom. The average Bonchev–Trinajstić information content (AvgIpc) is 3.50. The third kappa shape index (κ3) is 3.76. The van der Waals surface area contributed by atoms with Crippen LogP contribution >= 0.6 is 0 Å². The van der Waals surface area contributed by atoms with E-state index in [0.29, 0.717) is 36.0 Å². The fourth-order valence-electron chi connectivity index (χ4n) is 5.83. The first-order valence-electron chi connectivity index (χ1n) is 12.6. The van der Waals surface area contributed by atoms with Gasteiger partial charge in [0.25, 0.3) is 0 Å². The molecule has 2 aliphatic rings. The largest absolute Gasteiger partial charge is 0.493 e. The standard InChI is InChI=1S/C30H32O6/c1-4-8-19-9-6-7-10-23(19)30(29(31)32)17-22-21(12-14-25(28(22)33-3)34-15-5-2)27(30)20-11-13-24-26(16-20)36-18-35-24/h6-7,9-14,16,27H,4-5,8,15,17-18H2,1-3H3,(H,31,32). The van der Waals surface area contributed by atoms with Crippen LogP contribution in [0.25, 0.3) is 0 Å². The van der Waals surface area contributed by atoms with E-state index >= 15 is 0 Å². The molecular formula is C30H32O6. The van der Waals surface area contributed by atoms with Gasteiger partial charge < -0.3 is 24.1 Å². The highest BCUT2D eigenvalue weighted by Gasteiger charge is 2.56. The smallest absolute Gasteiger partial charge is 0.315 e. The summed E-state index contributed by atoms with van der Waals surface area (Å²) in [5, 5.41) is 11.1. The molecular weight excluding hydrogens is 456 g/mol. The minimum absolute atomic E-state index is 0.162. The van der Waals surface area contributed by atoms with Crippen molar-refractivity contribution in [2.75, 3.05) is 20.5 Å². The Morgan fingerprint density at radius 2 is 1.86 bits per heavy atom. The second kappa shape index (κ2) is 9.76. The SMILES string of the molecule is CCCOc1ccc2c(c1OC)CC(C(=O)O)(c1ccccc1CCC)C2c1ccc2c(c1)OCO2. The molecule has 0 fully saturated rings. The Balaban J connectivity index is 1.78. The monoisotopic (exact) mass is 488 g/mol. The van der Waals surface area contributed by atoms with Crippen molar-refractivity contribution in [1.29, 1.82) is 0 Å². The quantitative estimate of drug-likeness (QED) is 0.406. The van der Waals surface area contributed by atoms with Crippen LogP contribution < -0.4 is 18.9 Å². The number of aliphatic carboxylic acids is 1. The van der Waals surface area contributed by atoms with E-state index in [0.717, 1.165) is 47.1 Å². The molecule has 1 heterocycles. The highest BCUT2D eigenvalue weighted by Crippen LogP contribution is 2.57. The van der Waals surface area contributed by atoms with Crippen molar-refractivity contribution in [3.05, 3.63) is 82.4 Å². The molecule has 6 heteroatoms. The summed E-state index contributed by atoms with van der Waals surface area (Å²) in [5.74, 6) is 1.25. The predicted molar refractivity (Wildman–Crippen MR) is 137 cm³/mol. The third-order valence-electron chi connectivity index (χ3n) is 7.31. The molecule has 1 aliphatic heterocycles. The molecule has 3 aromatic carbocycles. The van der Waals surface area contributed by atoms with Gasteiger partial charge in [-0.3, -0.25) is 4.79 Å². The highest BCUT2D eigenvalue weighted by molar-refractivity contribution is 5.88. The molecule has 0 saturated carbocycles. The van der Waals surface area contributed by atoms with Crippen LogP contribution in [-0.4, -0.2) is 31.6 Å². The summed E-state index contributed by atoms with van der Waals surface area (Å²) in [4.78, 5) is 13.5. The maximum Gasteiger partial charge on any atom is 0.315 e. The van der Waals surface area contributed by atoms with Crippen molar-refractivity contribution < 1.29 is 28.8 Å². The maximum absolute atomic E-state index is 13.5. The minimum atomic E-state index is -1.22. The van der Waals surface area contributed by atoms with Crippen LogP contribution in [0.2, 0.25) is 0 Å². The molecule has 1 N–H and O–H groups in total. The molecule has 1 aliphatic carbocycles. The summed E-state index contributed by atoms with van der Waals surface area (Å²) in [6.07, 6.45) is 2.89. The number of aryl methyl sites for hydroxylation is 1. The fourth-order valence-corrected chi connectivity index (χ4v) is 5.83. The predicted octanol–water partition coefficient (Wildman–Crippen LogP) is 5.88. The number of benzene rings is 3. The molecule has 36 heavy (non-hydrogen) atoms. The van der Waals surface area contributed by atoms with E-state index in [9.17, 15) is 9.90 Å². The molecule has 188 valence electrons. The van der Waals surface area contributed by atoms with E-state index < -0.39 is 17.3 Å². The fraction of sp³-hybridized carbons (Fsp3) is 0.367. The van der Waals surface area contributed by atoms with Gasteiger partial charge in [0.2, 0.25) is 6.79 Å². The number of hydrogen-bond acceptors (Lipinski definition) is 5. The summed E-state index contributed by atoms with van der Waals surface area (Å²) in [5.41, 5.74) is 3.36. The molecule has 2 atom stereocenters. The van der Waals surface area contributed by atoms with Gasteiger partial charge in [0, 0.05) is 11.5 Å². The van der Waals surface area contributed by atoms with Crippen molar-refractivity contribution >= 4 is 5.97 Å². The highest BCUT2D eigenvalue weighted by atomic mass is 16.7. The lowest BCUT2D eigenvalue weighted by Gasteiger charge is -2.34. The summed E-state index contributed by atoms with van der Waals surface area (Å²) in [6.45, 7) is 4.89. The molecule has 3 aromatic rings. The molecule has 0 radical (unpaired) electrons. The van der Waals surface area contributed by atoms with Gasteiger partial charge in [-0.25, -0.2) is 0 Å². The lowest BCUT2D eigenvalue weighted by atomic mass is 9.66. The lowest BCUT2D eigenvalue weighted by Crippen LogP contribution is -2.41. The van der Waals surface area contributed by atoms with E-state index in [1.54, 1.807) is 7.11 Å². The van der Waals surface area contributed by atoms with Crippen molar-refractivity contribution in [3.8, 4) is 23.0 Å². The Labute approximate surface area is 211 Å². The average molecular weight is 489 g/mol. The third-order valence-corrected chi connectivity index (χ3v) is 7.31. The van der Waals surface area contributed by atoms with Crippen molar-refractivity contribution in [2.45, 2.75) is 50.9 Å². The van der Waals surface area contributed by atoms with Crippen LogP contribution in [0.3, 0.4) is 0 Å². The molecule has 0 aromatic heterocycles. The molecule has 0 saturated heterocycles. The number of fused-ring (bicyclic) bond motifs is 2. The van der Waals surface area contributed by atoms with Crippen LogP contribution in [0.15, 0.2) is 54.6 Å². The van der Waals surface area contributed by atoms with E-state index in [2.05, 4.69) is 19.9 Å². The Morgan fingerprint density at radius 1 is 1.06 bits per heavy atom. The first-order valence-corrected chi connectivity index (χ1v) is 12.6. The number of ether oxygens (including phenoxy) is 4.